The zero-order valence-corrected chi connectivity index (χ0v) is 15.4. The van der Waals surface area contributed by atoms with Crippen LogP contribution in [0.5, 0.6) is 0 Å². The molecular weight excluding hydrogens is 350 g/mol. The summed E-state index contributed by atoms with van der Waals surface area (Å²) in [5.41, 5.74) is -2.11. The SMILES string of the molecule is CCCCCCN1C(=O)C(=O)C2=C(C)O[C@@]3(O)c4ccccc4C(O)(O)[C@@]213. The molecule has 1 aromatic rings. The zero-order valence-electron chi connectivity index (χ0n) is 15.4. The van der Waals surface area contributed by atoms with Crippen molar-refractivity contribution in [3.63, 3.8) is 0 Å². The van der Waals surface area contributed by atoms with Crippen LogP contribution in [0.15, 0.2) is 35.6 Å². The van der Waals surface area contributed by atoms with Gasteiger partial charge in [-0.2, -0.15) is 0 Å². The van der Waals surface area contributed by atoms with Gasteiger partial charge < -0.3 is 25.0 Å². The van der Waals surface area contributed by atoms with Crippen LogP contribution in [0, 0.1) is 0 Å². The van der Waals surface area contributed by atoms with Gasteiger partial charge in [-0.25, -0.2) is 0 Å². The Bertz CT molecular complexity index is 875. The lowest BCUT2D eigenvalue weighted by Crippen LogP contribution is -2.66. The summed E-state index contributed by atoms with van der Waals surface area (Å²) in [6, 6.07) is 6.21. The van der Waals surface area contributed by atoms with E-state index in [-0.39, 0.29) is 29.0 Å². The number of rotatable bonds is 5. The van der Waals surface area contributed by atoms with Gasteiger partial charge in [0.05, 0.1) is 5.57 Å². The molecule has 1 spiro atoms. The number of hydrogen-bond donors (Lipinski definition) is 3. The fraction of sp³-hybridized carbons (Fsp3) is 0.500. The van der Waals surface area contributed by atoms with Crippen LogP contribution in [-0.2, 0) is 25.9 Å². The molecule has 27 heavy (non-hydrogen) atoms. The Balaban J connectivity index is 1.92. The van der Waals surface area contributed by atoms with Crippen molar-refractivity contribution < 1.29 is 29.6 Å². The van der Waals surface area contributed by atoms with E-state index in [1.807, 2.05) is 0 Å². The molecule has 144 valence electrons. The number of carbonyl (C=O) groups excluding carboxylic acids is 2. The van der Waals surface area contributed by atoms with E-state index in [0.29, 0.717) is 6.42 Å². The van der Waals surface area contributed by atoms with Crippen LogP contribution in [0.2, 0.25) is 0 Å². The Morgan fingerprint density at radius 1 is 1.04 bits per heavy atom. The van der Waals surface area contributed by atoms with Gasteiger partial charge >= 0.3 is 0 Å². The molecule has 1 amide bonds. The molecule has 0 aromatic heterocycles. The first-order valence-corrected chi connectivity index (χ1v) is 9.29. The summed E-state index contributed by atoms with van der Waals surface area (Å²) in [5, 5.41) is 33.9. The van der Waals surface area contributed by atoms with Gasteiger partial charge in [0.1, 0.15) is 5.76 Å². The molecule has 3 N–H and O–H groups in total. The van der Waals surface area contributed by atoms with E-state index < -0.39 is 28.8 Å². The second-order valence-corrected chi connectivity index (χ2v) is 7.45. The van der Waals surface area contributed by atoms with Crippen LogP contribution in [0.4, 0.5) is 0 Å². The van der Waals surface area contributed by atoms with E-state index in [1.165, 1.54) is 19.1 Å². The van der Waals surface area contributed by atoms with Crippen molar-refractivity contribution in [2.75, 3.05) is 6.54 Å². The van der Waals surface area contributed by atoms with Crippen LogP contribution in [0.1, 0.15) is 50.7 Å². The summed E-state index contributed by atoms with van der Waals surface area (Å²) in [4.78, 5) is 26.7. The van der Waals surface area contributed by atoms with Crippen molar-refractivity contribution in [1.29, 1.82) is 0 Å². The maximum absolute atomic E-state index is 12.8. The first kappa shape index (κ1) is 18.2. The fourth-order valence-corrected chi connectivity index (χ4v) is 4.89. The van der Waals surface area contributed by atoms with Crippen LogP contribution in [0.3, 0.4) is 0 Å². The van der Waals surface area contributed by atoms with E-state index in [4.69, 9.17) is 4.74 Å². The van der Waals surface area contributed by atoms with E-state index in [0.717, 1.165) is 24.2 Å². The Morgan fingerprint density at radius 3 is 2.37 bits per heavy atom. The van der Waals surface area contributed by atoms with Gasteiger partial charge in [0.25, 0.3) is 17.5 Å². The second-order valence-electron chi connectivity index (χ2n) is 7.45. The molecule has 1 aromatic carbocycles. The number of aliphatic hydroxyl groups is 3. The topological polar surface area (TPSA) is 107 Å². The summed E-state index contributed by atoms with van der Waals surface area (Å²) in [6.07, 6.45) is 3.34. The lowest BCUT2D eigenvalue weighted by atomic mass is 9.79. The quantitative estimate of drug-likeness (QED) is 0.404. The van der Waals surface area contributed by atoms with Gasteiger partial charge in [0, 0.05) is 17.7 Å². The standard InChI is InChI=1S/C20H23NO6/c1-3-4-5-8-11-21-17(23)16(22)15-12(2)27-20(26)14-10-7-6-9-13(14)19(24,25)18(15,20)21/h6-7,9-10,24-26H,3-5,8,11H2,1-2H3/t18-,20+/m1/s1. The number of unbranched alkanes of at least 4 members (excludes halogenated alkanes) is 3. The molecule has 7 nitrogen and oxygen atoms in total. The highest BCUT2D eigenvalue weighted by molar-refractivity contribution is 6.46. The van der Waals surface area contributed by atoms with E-state index in [9.17, 15) is 24.9 Å². The van der Waals surface area contributed by atoms with Crippen molar-refractivity contribution in [2.45, 2.75) is 56.6 Å². The van der Waals surface area contributed by atoms with Crippen molar-refractivity contribution >= 4 is 11.7 Å². The van der Waals surface area contributed by atoms with Crippen molar-refractivity contribution in [1.82, 2.24) is 4.90 Å². The molecule has 0 saturated carbocycles. The zero-order chi connectivity index (χ0) is 19.6. The number of Topliss-reactive ketones (excluding diaryl/α,β-unsaturated/α-hetero) is 1. The van der Waals surface area contributed by atoms with Gasteiger partial charge in [-0.05, 0) is 13.3 Å². The lowest BCUT2D eigenvalue weighted by molar-refractivity contribution is -0.315. The number of hydrogen-bond acceptors (Lipinski definition) is 6. The molecule has 4 rings (SSSR count). The van der Waals surface area contributed by atoms with E-state index in [1.54, 1.807) is 12.1 Å². The smallest absolute Gasteiger partial charge is 0.295 e. The number of amides is 1. The molecule has 0 unspecified atom stereocenters. The molecule has 1 fully saturated rings. The number of likely N-dealkylation sites (tertiary alicyclic amines) is 1. The lowest BCUT2D eigenvalue weighted by Gasteiger charge is -2.45. The Morgan fingerprint density at radius 2 is 1.70 bits per heavy atom. The molecule has 2 aliphatic heterocycles. The molecule has 0 radical (unpaired) electrons. The predicted octanol–water partition coefficient (Wildman–Crippen LogP) is 1.02. The highest BCUT2D eigenvalue weighted by Crippen LogP contribution is 2.66. The normalized spacial score (nSPS) is 30.5. The third-order valence-corrected chi connectivity index (χ3v) is 5.98. The third-order valence-electron chi connectivity index (χ3n) is 5.98. The minimum absolute atomic E-state index is 0.0264. The number of allylic oxidation sites excluding steroid dienone is 1. The number of nitrogens with zero attached hydrogens (tertiary/aromatic N) is 1. The number of carbonyl (C=O) groups is 2. The second kappa shape index (κ2) is 5.64. The van der Waals surface area contributed by atoms with E-state index >= 15 is 0 Å². The molecule has 3 aliphatic rings. The third kappa shape index (κ3) is 1.86. The minimum atomic E-state index is -2.67. The maximum atomic E-state index is 12.8. The average molecular weight is 373 g/mol. The van der Waals surface area contributed by atoms with Crippen LogP contribution < -0.4 is 0 Å². The summed E-state index contributed by atoms with van der Waals surface area (Å²) in [7, 11) is 0. The van der Waals surface area contributed by atoms with Crippen LogP contribution >= 0.6 is 0 Å². The van der Waals surface area contributed by atoms with Gasteiger partial charge in [-0.3, -0.25) is 9.59 Å². The first-order valence-electron chi connectivity index (χ1n) is 9.29. The van der Waals surface area contributed by atoms with Crippen LogP contribution in [-0.4, -0.2) is 44.0 Å². The molecule has 7 heteroatoms. The number of ketones is 1. The van der Waals surface area contributed by atoms with Gasteiger partial charge in [0.2, 0.25) is 11.3 Å². The highest BCUT2D eigenvalue weighted by atomic mass is 16.6. The summed E-state index contributed by atoms with van der Waals surface area (Å²) in [5.74, 6) is -6.58. The van der Waals surface area contributed by atoms with Gasteiger partial charge in [0.15, 0.2) is 0 Å². The number of benzene rings is 1. The summed E-state index contributed by atoms with van der Waals surface area (Å²) in [6.45, 7) is 3.62. The fourth-order valence-electron chi connectivity index (χ4n) is 4.89. The number of ether oxygens (including phenoxy) is 1. The largest absolute Gasteiger partial charge is 0.459 e. The summed E-state index contributed by atoms with van der Waals surface area (Å²) < 4.78 is 5.67. The first-order chi connectivity index (χ1) is 12.7. The monoisotopic (exact) mass is 373 g/mol. The minimum Gasteiger partial charge on any atom is -0.459 e. The van der Waals surface area contributed by atoms with Gasteiger partial charge in [-0.15, -0.1) is 0 Å². The Hall–Kier alpha value is -2.22. The molecule has 2 atom stereocenters. The average Bonchev–Trinajstić information content (AvgIpc) is 3.08. The Kier molecular flexibility index (Phi) is 3.79. The maximum Gasteiger partial charge on any atom is 0.295 e. The highest BCUT2D eigenvalue weighted by Gasteiger charge is 2.84. The van der Waals surface area contributed by atoms with E-state index in [2.05, 4.69) is 6.92 Å². The Labute approximate surface area is 156 Å². The summed E-state index contributed by atoms with van der Waals surface area (Å²) >= 11 is 0. The van der Waals surface area contributed by atoms with Crippen LogP contribution in [0.25, 0.3) is 0 Å². The van der Waals surface area contributed by atoms with Crippen molar-refractivity contribution in [3.05, 3.63) is 46.7 Å². The van der Waals surface area contributed by atoms with Crippen molar-refractivity contribution in [2.24, 2.45) is 0 Å². The predicted molar refractivity (Wildman–Crippen MR) is 93.8 cm³/mol. The molecular formula is C20H23NO6. The van der Waals surface area contributed by atoms with Crippen molar-refractivity contribution in [3.8, 4) is 0 Å². The molecule has 2 heterocycles. The molecule has 0 bridgehead atoms. The molecule has 1 aliphatic carbocycles. The molecule has 1 saturated heterocycles. The van der Waals surface area contributed by atoms with Gasteiger partial charge in [-0.1, -0.05) is 50.5 Å². The number of fused-ring (bicyclic) bond motifs is 2.